The zero-order chi connectivity index (χ0) is 15.5. The van der Waals surface area contributed by atoms with Crippen LogP contribution in [0.25, 0.3) is 0 Å². The van der Waals surface area contributed by atoms with Crippen LogP contribution in [0.1, 0.15) is 47.3 Å². The lowest BCUT2D eigenvalue weighted by molar-refractivity contribution is 0.0731. The highest BCUT2D eigenvalue weighted by Gasteiger charge is 2.27. The highest BCUT2D eigenvalue weighted by Crippen LogP contribution is 2.25. The second-order valence-electron chi connectivity index (χ2n) is 5.81. The molecular weight excluding hydrogens is 280 g/mol. The van der Waals surface area contributed by atoms with Crippen molar-refractivity contribution < 1.29 is 9.32 Å². The van der Waals surface area contributed by atoms with E-state index in [2.05, 4.69) is 15.1 Å². The van der Waals surface area contributed by atoms with Crippen LogP contribution in [-0.2, 0) is 19.3 Å². The van der Waals surface area contributed by atoms with Crippen LogP contribution >= 0.6 is 0 Å². The highest BCUT2D eigenvalue weighted by atomic mass is 16.5. The number of fused-ring (bicyclic) bond motifs is 1. The van der Waals surface area contributed by atoms with Gasteiger partial charge in [0.05, 0.1) is 5.69 Å². The number of aromatic nitrogens is 3. The van der Waals surface area contributed by atoms with Crippen LogP contribution in [0.4, 0.5) is 0 Å². The molecule has 2 heterocycles. The summed E-state index contributed by atoms with van der Waals surface area (Å²) in [7, 11) is 1.80. The minimum atomic E-state index is -0.0803. The van der Waals surface area contributed by atoms with Crippen molar-refractivity contribution >= 4 is 5.91 Å². The van der Waals surface area contributed by atoms with Gasteiger partial charge in [-0.3, -0.25) is 14.8 Å². The van der Waals surface area contributed by atoms with Crippen molar-refractivity contribution in [1.29, 1.82) is 0 Å². The van der Waals surface area contributed by atoms with Crippen molar-refractivity contribution in [1.82, 2.24) is 20.0 Å². The predicted molar refractivity (Wildman–Crippen MR) is 80.4 cm³/mol. The van der Waals surface area contributed by atoms with E-state index in [9.17, 15) is 4.79 Å². The van der Waals surface area contributed by atoms with Gasteiger partial charge in [0, 0.05) is 50.1 Å². The lowest BCUT2D eigenvalue weighted by Crippen LogP contribution is -2.37. The second kappa shape index (κ2) is 6.25. The Labute approximate surface area is 129 Å². The molecule has 0 bridgehead atoms. The molecule has 0 fully saturated rings. The number of likely N-dealkylation sites (N-methyl/N-ethyl adjacent to an activating group) is 1. The molecule has 0 saturated heterocycles. The van der Waals surface area contributed by atoms with Gasteiger partial charge in [-0.15, -0.1) is 0 Å². The Morgan fingerprint density at radius 2 is 2.18 bits per heavy atom. The van der Waals surface area contributed by atoms with E-state index in [0.29, 0.717) is 12.1 Å². The molecule has 116 valence electrons. The standard InChI is InChI=1S/C16H20N4O2/c1-11(9-12-10-17-7-8-18-12)20(2)16(21)15-13-5-3-4-6-14(13)22-19-15/h7-8,10-11H,3-6,9H2,1-2H3/t11-/m0/s1. The molecule has 1 aliphatic carbocycles. The number of hydrogen-bond donors (Lipinski definition) is 0. The van der Waals surface area contributed by atoms with Gasteiger partial charge in [0.2, 0.25) is 0 Å². The first-order valence-corrected chi connectivity index (χ1v) is 7.66. The lowest BCUT2D eigenvalue weighted by atomic mass is 9.96. The molecular formula is C16H20N4O2. The summed E-state index contributed by atoms with van der Waals surface area (Å²) in [5.74, 6) is 0.799. The minimum absolute atomic E-state index is 0.0140. The van der Waals surface area contributed by atoms with Crippen molar-refractivity contribution in [2.75, 3.05) is 7.05 Å². The quantitative estimate of drug-likeness (QED) is 0.864. The summed E-state index contributed by atoms with van der Waals surface area (Å²) in [5.41, 5.74) is 2.34. The Hall–Kier alpha value is -2.24. The molecule has 6 heteroatoms. The summed E-state index contributed by atoms with van der Waals surface area (Å²) in [6.45, 7) is 2.00. The molecule has 0 radical (unpaired) electrons. The number of amides is 1. The Bertz CT molecular complexity index is 653. The maximum absolute atomic E-state index is 12.7. The molecule has 2 aromatic heterocycles. The number of hydrogen-bond acceptors (Lipinski definition) is 5. The molecule has 2 aromatic rings. The fourth-order valence-electron chi connectivity index (χ4n) is 2.79. The molecule has 6 nitrogen and oxygen atoms in total. The molecule has 0 aromatic carbocycles. The summed E-state index contributed by atoms with van der Waals surface area (Å²) in [4.78, 5) is 22.7. The summed E-state index contributed by atoms with van der Waals surface area (Å²) in [6.07, 6.45) is 9.66. The zero-order valence-electron chi connectivity index (χ0n) is 13.0. The van der Waals surface area contributed by atoms with Crippen molar-refractivity contribution in [3.8, 4) is 0 Å². The van der Waals surface area contributed by atoms with Crippen molar-refractivity contribution in [3.05, 3.63) is 41.3 Å². The van der Waals surface area contributed by atoms with E-state index in [1.807, 2.05) is 6.92 Å². The number of carbonyl (C=O) groups is 1. The fraction of sp³-hybridized carbons (Fsp3) is 0.500. The zero-order valence-corrected chi connectivity index (χ0v) is 13.0. The minimum Gasteiger partial charge on any atom is -0.360 e. The molecule has 1 amide bonds. The molecule has 0 N–H and O–H groups in total. The monoisotopic (exact) mass is 300 g/mol. The van der Waals surface area contributed by atoms with E-state index >= 15 is 0 Å². The van der Waals surface area contributed by atoms with E-state index in [-0.39, 0.29) is 11.9 Å². The van der Waals surface area contributed by atoms with E-state index in [4.69, 9.17) is 4.52 Å². The molecule has 0 aliphatic heterocycles. The molecule has 0 unspecified atom stereocenters. The van der Waals surface area contributed by atoms with E-state index < -0.39 is 0 Å². The Morgan fingerprint density at radius 3 is 2.95 bits per heavy atom. The third kappa shape index (κ3) is 2.86. The molecule has 0 spiro atoms. The van der Waals surface area contributed by atoms with Crippen LogP contribution in [0.5, 0.6) is 0 Å². The summed E-state index contributed by atoms with van der Waals surface area (Å²) in [6, 6.07) is 0.0140. The van der Waals surface area contributed by atoms with Crippen LogP contribution in [0.15, 0.2) is 23.1 Å². The third-order valence-electron chi connectivity index (χ3n) is 4.26. The fourth-order valence-corrected chi connectivity index (χ4v) is 2.79. The normalized spacial score (nSPS) is 15.2. The molecule has 3 rings (SSSR count). The Balaban J connectivity index is 1.72. The first-order chi connectivity index (χ1) is 10.7. The number of nitrogens with zero attached hydrogens (tertiary/aromatic N) is 4. The SMILES string of the molecule is C[C@@H](Cc1cnccn1)N(C)C(=O)c1noc2c1CCCC2. The van der Waals surface area contributed by atoms with Gasteiger partial charge in [0.25, 0.3) is 5.91 Å². The Morgan fingerprint density at radius 1 is 1.36 bits per heavy atom. The first kappa shape index (κ1) is 14.7. The van der Waals surface area contributed by atoms with Crippen LogP contribution in [0.2, 0.25) is 0 Å². The van der Waals surface area contributed by atoms with Crippen LogP contribution in [0, 0.1) is 0 Å². The van der Waals surface area contributed by atoms with Gasteiger partial charge in [-0.1, -0.05) is 5.16 Å². The van der Waals surface area contributed by atoms with Gasteiger partial charge >= 0.3 is 0 Å². The largest absolute Gasteiger partial charge is 0.360 e. The summed E-state index contributed by atoms with van der Waals surface area (Å²) >= 11 is 0. The van der Waals surface area contributed by atoms with Crippen LogP contribution in [-0.4, -0.2) is 39.0 Å². The van der Waals surface area contributed by atoms with Gasteiger partial charge in [0.15, 0.2) is 5.69 Å². The van der Waals surface area contributed by atoms with E-state index in [1.165, 1.54) is 0 Å². The molecule has 0 saturated carbocycles. The second-order valence-corrected chi connectivity index (χ2v) is 5.81. The van der Waals surface area contributed by atoms with Crippen molar-refractivity contribution in [3.63, 3.8) is 0 Å². The van der Waals surface area contributed by atoms with Gasteiger partial charge in [0.1, 0.15) is 5.76 Å². The van der Waals surface area contributed by atoms with Crippen LogP contribution < -0.4 is 0 Å². The number of rotatable bonds is 4. The summed E-state index contributed by atoms with van der Waals surface area (Å²) in [5, 5.41) is 4.01. The average Bonchev–Trinajstić information content (AvgIpc) is 2.98. The first-order valence-electron chi connectivity index (χ1n) is 7.66. The van der Waals surface area contributed by atoms with E-state index in [1.54, 1.807) is 30.5 Å². The van der Waals surface area contributed by atoms with Gasteiger partial charge in [-0.05, 0) is 26.2 Å². The van der Waals surface area contributed by atoms with E-state index in [0.717, 1.165) is 42.7 Å². The van der Waals surface area contributed by atoms with Crippen molar-refractivity contribution in [2.45, 2.75) is 45.1 Å². The molecule has 1 aliphatic rings. The number of aryl methyl sites for hydroxylation is 1. The van der Waals surface area contributed by atoms with Crippen LogP contribution in [0.3, 0.4) is 0 Å². The predicted octanol–water partition coefficient (Wildman–Crippen LogP) is 2.05. The van der Waals surface area contributed by atoms with Gasteiger partial charge in [-0.25, -0.2) is 0 Å². The lowest BCUT2D eigenvalue weighted by Gasteiger charge is -2.24. The average molecular weight is 300 g/mol. The van der Waals surface area contributed by atoms with Gasteiger partial charge < -0.3 is 9.42 Å². The third-order valence-corrected chi connectivity index (χ3v) is 4.26. The maximum Gasteiger partial charge on any atom is 0.276 e. The summed E-state index contributed by atoms with van der Waals surface area (Å²) < 4.78 is 5.34. The number of carbonyl (C=O) groups excluding carboxylic acids is 1. The molecule has 22 heavy (non-hydrogen) atoms. The maximum atomic E-state index is 12.7. The Kier molecular flexibility index (Phi) is 4.18. The molecule has 1 atom stereocenters. The smallest absolute Gasteiger partial charge is 0.276 e. The van der Waals surface area contributed by atoms with Crippen molar-refractivity contribution in [2.24, 2.45) is 0 Å². The van der Waals surface area contributed by atoms with Gasteiger partial charge in [-0.2, -0.15) is 0 Å². The highest BCUT2D eigenvalue weighted by molar-refractivity contribution is 5.94. The topological polar surface area (TPSA) is 72.1 Å².